The van der Waals surface area contributed by atoms with Crippen molar-refractivity contribution < 1.29 is 13.9 Å². The second-order valence-corrected chi connectivity index (χ2v) is 8.81. The summed E-state index contributed by atoms with van der Waals surface area (Å²) in [6, 6.07) is 17.3. The largest absolute Gasteiger partial charge is 0.493 e. The number of methoxy groups -OCH3 is 2. The Hall–Kier alpha value is -3.49. The van der Waals surface area contributed by atoms with Crippen molar-refractivity contribution in [3.8, 4) is 17.2 Å². The number of aromatic nitrogens is 3. The second-order valence-electron chi connectivity index (χ2n) is 7.46. The molecule has 0 aliphatic carbocycles. The molecule has 9 heteroatoms. The Morgan fingerprint density at radius 3 is 2.62 bits per heavy atom. The number of halogens is 2. The number of ether oxygens (including phenoxy) is 2. The zero-order valence-corrected chi connectivity index (χ0v) is 19.8. The molecule has 172 valence electrons. The summed E-state index contributed by atoms with van der Waals surface area (Å²) in [6.45, 7) is 0. The van der Waals surface area contributed by atoms with E-state index in [0.717, 1.165) is 10.9 Å². The molecule has 0 atom stereocenters. The maximum absolute atomic E-state index is 14.4. The van der Waals surface area contributed by atoms with E-state index < -0.39 is 5.82 Å². The van der Waals surface area contributed by atoms with Gasteiger partial charge in [-0.05, 0) is 30.3 Å². The second kappa shape index (κ2) is 9.04. The summed E-state index contributed by atoms with van der Waals surface area (Å²) in [5.41, 5.74) is 2.35. The Bertz CT molecular complexity index is 1580. The van der Waals surface area contributed by atoms with E-state index in [4.69, 9.17) is 26.1 Å². The van der Waals surface area contributed by atoms with Gasteiger partial charge in [-0.25, -0.2) is 9.37 Å². The maximum Gasteiger partial charge on any atom is 0.283 e. The number of rotatable bonds is 6. The van der Waals surface area contributed by atoms with Crippen LogP contribution in [0.5, 0.6) is 11.5 Å². The van der Waals surface area contributed by atoms with Crippen molar-refractivity contribution in [3.05, 3.63) is 87.4 Å². The summed E-state index contributed by atoms with van der Waals surface area (Å²) in [5, 5.41) is 1.55. The first-order valence-corrected chi connectivity index (χ1v) is 11.7. The smallest absolute Gasteiger partial charge is 0.283 e. The Morgan fingerprint density at radius 1 is 1.06 bits per heavy atom. The normalized spacial score (nSPS) is 11.3. The molecule has 0 radical (unpaired) electrons. The fraction of sp³-hybridized carbons (Fsp3) is 0.120. The molecule has 3 aromatic carbocycles. The number of benzene rings is 3. The first-order valence-electron chi connectivity index (χ1n) is 10.3. The van der Waals surface area contributed by atoms with E-state index in [-0.39, 0.29) is 11.3 Å². The quantitative estimate of drug-likeness (QED) is 0.232. The Balaban J connectivity index is 1.73. The number of nitrogens with zero attached hydrogens (tertiary/aromatic N) is 2. The summed E-state index contributed by atoms with van der Waals surface area (Å²) in [5.74, 6) is 0.787. The molecule has 1 N–H and O–H groups in total. The average molecular weight is 496 g/mol. The van der Waals surface area contributed by atoms with Crippen molar-refractivity contribution in [3.63, 3.8) is 0 Å². The SMILES string of the molecule is COc1ccc(-n2c(SCc3c(F)cccc3Cl)nc3c([nH]c4ccccc43)c2=O)cc1OC. The van der Waals surface area contributed by atoms with E-state index in [1.54, 1.807) is 37.4 Å². The number of H-pyrrole nitrogens is 1. The van der Waals surface area contributed by atoms with Crippen molar-refractivity contribution in [2.75, 3.05) is 14.2 Å². The van der Waals surface area contributed by atoms with E-state index in [1.807, 2.05) is 24.3 Å². The number of para-hydroxylation sites is 1. The van der Waals surface area contributed by atoms with Crippen molar-refractivity contribution >= 4 is 45.3 Å². The van der Waals surface area contributed by atoms with Crippen LogP contribution in [0.3, 0.4) is 0 Å². The van der Waals surface area contributed by atoms with Gasteiger partial charge in [0.15, 0.2) is 16.7 Å². The fourth-order valence-corrected chi connectivity index (χ4v) is 5.19. The Kier molecular flexibility index (Phi) is 5.93. The summed E-state index contributed by atoms with van der Waals surface area (Å²) in [7, 11) is 3.07. The highest BCUT2D eigenvalue weighted by molar-refractivity contribution is 7.98. The van der Waals surface area contributed by atoms with Crippen LogP contribution in [-0.4, -0.2) is 28.8 Å². The van der Waals surface area contributed by atoms with Crippen LogP contribution in [0.25, 0.3) is 27.6 Å². The predicted molar refractivity (Wildman–Crippen MR) is 133 cm³/mol. The van der Waals surface area contributed by atoms with Crippen molar-refractivity contribution in [2.24, 2.45) is 0 Å². The van der Waals surface area contributed by atoms with E-state index >= 15 is 0 Å². The minimum atomic E-state index is -0.409. The van der Waals surface area contributed by atoms with Crippen LogP contribution >= 0.6 is 23.4 Å². The van der Waals surface area contributed by atoms with Crippen molar-refractivity contribution in [1.82, 2.24) is 14.5 Å². The van der Waals surface area contributed by atoms with Gasteiger partial charge in [-0.2, -0.15) is 0 Å². The highest BCUT2D eigenvalue weighted by atomic mass is 35.5. The number of hydrogen-bond donors (Lipinski definition) is 1. The zero-order valence-electron chi connectivity index (χ0n) is 18.3. The summed E-state index contributed by atoms with van der Waals surface area (Å²) >= 11 is 7.46. The molecule has 0 spiro atoms. The molecule has 0 amide bonds. The third-order valence-corrected chi connectivity index (χ3v) is 6.85. The van der Waals surface area contributed by atoms with Crippen molar-refractivity contribution in [1.29, 1.82) is 0 Å². The van der Waals surface area contributed by atoms with Gasteiger partial charge >= 0.3 is 0 Å². The van der Waals surface area contributed by atoms with Gasteiger partial charge in [-0.3, -0.25) is 9.36 Å². The molecule has 2 heterocycles. The molecule has 6 nitrogen and oxygen atoms in total. The van der Waals surface area contributed by atoms with Gasteiger partial charge in [-0.15, -0.1) is 0 Å². The Morgan fingerprint density at radius 2 is 1.85 bits per heavy atom. The first kappa shape index (κ1) is 22.3. The van der Waals surface area contributed by atoms with Crippen LogP contribution < -0.4 is 15.0 Å². The molecule has 2 aromatic heterocycles. The molecule has 0 aliphatic heterocycles. The summed E-state index contributed by atoms with van der Waals surface area (Å²) in [6.07, 6.45) is 0. The van der Waals surface area contributed by atoms with E-state index in [1.165, 1.54) is 29.5 Å². The lowest BCUT2D eigenvalue weighted by Crippen LogP contribution is -2.22. The van der Waals surface area contributed by atoms with Crippen molar-refractivity contribution in [2.45, 2.75) is 10.9 Å². The molecule has 34 heavy (non-hydrogen) atoms. The number of fused-ring (bicyclic) bond motifs is 3. The molecule has 0 aliphatic rings. The Labute approximate surface area is 203 Å². The molecule has 0 saturated carbocycles. The molecule has 5 aromatic rings. The van der Waals surface area contributed by atoms with E-state index in [2.05, 4.69) is 4.98 Å². The highest BCUT2D eigenvalue weighted by Crippen LogP contribution is 2.33. The van der Waals surface area contributed by atoms with Gasteiger partial charge in [0, 0.05) is 33.3 Å². The molecular formula is C25H19ClFN3O3S. The molecule has 0 fully saturated rings. The summed E-state index contributed by atoms with van der Waals surface area (Å²) < 4.78 is 26.7. The number of hydrogen-bond acceptors (Lipinski definition) is 5. The van der Waals surface area contributed by atoms with Crippen LogP contribution in [-0.2, 0) is 5.75 Å². The van der Waals surface area contributed by atoms with Gasteiger partial charge in [0.2, 0.25) is 0 Å². The monoisotopic (exact) mass is 495 g/mol. The third kappa shape index (κ3) is 3.78. The number of thioether (sulfide) groups is 1. The minimum absolute atomic E-state index is 0.194. The fourth-order valence-electron chi connectivity index (χ4n) is 3.84. The van der Waals surface area contributed by atoms with Crippen LogP contribution in [0.2, 0.25) is 5.02 Å². The van der Waals surface area contributed by atoms with Crippen LogP contribution in [0.15, 0.2) is 70.6 Å². The maximum atomic E-state index is 14.4. The van der Waals surface area contributed by atoms with Gasteiger partial charge in [0.1, 0.15) is 16.9 Å². The lowest BCUT2D eigenvalue weighted by Gasteiger charge is -2.15. The molecular weight excluding hydrogens is 477 g/mol. The highest BCUT2D eigenvalue weighted by Gasteiger charge is 2.19. The third-order valence-electron chi connectivity index (χ3n) is 5.53. The topological polar surface area (TPSA) is 69.1 Å². The summed E-state index contributed by atoms with van der Waals surface area (Å²) in [4.78, 5) is 21.7. The zero-order chi connectivity index (χ0) is 23.8. The molecule has 5 rings (SSSR count). The van der Waals surface area contributed by atoms with Crippen LogP contribution in [0.4, 0.5) is 4.39 Å². The first-order chi connectivity index (χ1) is 16.5. The average Bonchev–Trinajstić information content (AvgIpc) is 3.22. The van der Waals surface area contributed by atoms with E-state index in [0.29, 0.717) is 44.0 Å². The number of nitrogens with one attached hydrogen (secondary N) is 1. The van der Waals surface area contributed by atoms with Gasteiger partial charge < -0.3 is 14.5 Å². The van der Waals surface area contributed by atoms with Gasteiger partial charge in [0.05, 0.1) is 19.9 Å². The number of aromatic amines is 1. The standard InChI is InChI=1S/C25H19ClFN3O3S/c1-32-20-11-10-14(12-21(20)33-2)30-24(31)23-22(15-6-3-4-9-19(15)28-23)29-25(30)34-13-16-17(26)7-5-8-18(16)27/h3-12,28H,13H2,1-2H3. The van der Waals surface area contributed by atoms with Gasteiger partial charge in [0.25, 0.3) is 5.56 Å². The molecule has 0 unspecified atom stereocenters. The molecule has 0 bridgehead atoms. The van der Waals surface area contributed by atoms with Crippen LogP contribution in [0.1, 0.15) is 5.56 Å². The van der Waals surface area contributed by atoms with Crippen LogP contribution in [0, 0.1) is 5.82 Å². The predicted octanol–water partition coefficient (Wildman–Crippen LogP) is 5.97. The lowest BCUT2D eigenvalue weighted by atomic mass is 10.2. The van der Waals surface area contributed by atoms with Gasteiger partial charge in [-0.1, -0.05) is 47.6 Å². The lowest BCUT2D eigenvalue weighted by molar-refractivity contribution is 0.354. The molecule has 0 saturated heterocycles. The minimum Gasteiger partial charge on any atom is -0.493 e. The van der Waals surface area contributed by atoms with E-state index in [9.17, 15) is 9.18 Å².